The van der Waals surface area contributed by atoms with E-state index in [0.29, 0.717) is 13.0 Å². The van der Waals surface area contributed by atoms with Crippen LogP contribution in [-0.4, -0.2) is 38.8 Å². The van der Waals surface area contributed by atoms with Crippen LogP contribution in [0.25, 0.3) is 0 Å². The monoisotopic (exact) mass is 290 g/mol. The Morgan fingerprint density at radius 3 is 2.62 bits per heavy atom. The van der Waals surface area contributed by atoms with E-state index in [2.05, 4.69) is 41.4 Å². The zero-order valence-electron chi connectivity index (χ0n) is 12.9. The standard InChI is InChI=1S/C17H26N2O2/c1-2-3-14-21-17(20)9-6-15-4-7-16(8-5-15)19-12-10-18-11-13-19/h4-5,7-8,18H,2-3,6,9-14H2,1H3. The third-order valence-corrected chi connectivity index (χ3v) is 3.80. The average molecular weight is 290 g/mol. The molecule has 0 spiro atoms. The summed E-state index contributed by atoms with van der Waals surface area (Å²) < 4.78 is 5.17. The second-order valence-electron chi connectivity index (χ2n) is 5.48. The first kappa shape index (κ1) is 15.8. The number of carbonyl (C=O) groups excluding carboxylic acids is 1. The highest BCUT2D eigenvalue weighted by molar-refractivity contribution is 5.69. The Kier molecular flexibility index (Phi) is 6.54. The molecule has 1 aliphatic heterocycles. The van der Waals surface area contributed by atoms with Crippen molar-refractivity contribution in [2.45, 2.75) is 32.6 Å². The minimum absolute atomic E-state index is 0.0883. The summed E-state index contributed by atoms with van der Waals surface area (Å²) in [6.45, 7) is 6.86. The van der Waals surface area contributed by atoms with E-state index in [-0.39, 0.29) is 5.97 Å². The first-order chi connectivity index (χ1) is 10.3. The molecule has 0 bridgehead atoms. The maximum absolute atomic E-state index is 11.6. The number of unbranched alkanes of at least 4 members (excludes halogenated alkanes) is 1. The van der Waals surface area contributed by atoms with Gasteiger partial charge in [0.05, 0.1) is 6.61 Å². The molecule has 1 heterocycles. The number of ether oxygens (including phenoxy) is 1. The molecule has 1 aromatic carbocycles. The van der Waals surface area contributed by atoms with Gasteiger partial charge >= 0.3 is 5.97 Å². The topological polar surface area (TPSA) is 41.6 Å². The zero-order chi connectivity index (χ0) is 14.9. The number of carbonyl (C=O) groups is 1. The second kappa shape index (κ2) is 8.67. The molecular weight excluding hydrogens is 264 g/mol. The van der Waals surface area contributed by atoms with E-state index in [1.54, 1.807) is 0 Å². The summed E-state index contributed by atoms with van der Waals surface area (Å²) in [7, 11) is 0. The van der Waals surface area contributed by atoms with Crippen LogP contribution >= 0.6 is 0 Å². The van der Waals surface area contributed by atoms with E-state index < -0.39 is 0 Å². The molecule has 1 N–H and O–H groups in total. The van der Waals surface area contributed by atoms with Crippen molar-refractivity contribution in [2.75, 3.05) is 37.7 Å². The molecule has 4 nitrogen and oxygen atoms in total. The largest absolute Gasteiger partial charge is 0.466 e. The van der Waals surface area contributed by atoms with Gasteiger partial charge in [0.2, 0.25) is 0 Å². The summed E-state index contributed by atoms with van der Waals surface area (Å²) >= 11 is 0. The van der Waals surface area contributed by atoms with Crippen LogP contribution in [0, 0.1) is 0 Å². The number of hydrogen-bond donors (Lipinski definition) is 1. The fraction of sp³-hybridized carbons (Fsp3) is 0.588. The molecule has 0 aromatic heterocycles. The highest BCUT2D eigenvalue weighted by Crippen LogP contribution is 2.16. The fourth-order valence-corrected chi connectivity index (χ4v) is 2.45. The molecule has 1 fully saturated rings. The van der Waals surface area contributed by atoms with Gasteiger partial charge in [0.1, 0.15) is 0 Å². The summed E-state index contributed by atoms with van der Waals surface area (Å²) in [4.78, 5) is 14.0. The highest BCUT2D eigenvalue weighted by Gasteiger charge is 2.10. The predicted octanol–water partition coefficient (Wildman–Crippen LogP) is 2.37. The Morgan fingerprint density at radius 1 is 1.24 bits per heavy atom. The minimum atomic E-state index is -0.0883. The Morgan fingerprint density at radius 2 is 1.95 bits per heavy atom. The van der Waals surface area contributed by atoms with Crippen LogP contribution in [0.4, 0.5) is 5.69 Å². The average Bonchev–Trinajstić information content (AvgIpc) is 2.54. The molecular formula is C17H26N2O2. The lowest BCUT2D eigenvalue weighted by Gasteiger charge is -2.29. The van der Waals surface area contributed by atoms with Crippen molar-refractivity contribution >= 4 is 11.7 Å². The Hall–Kier alpha value is -1.55. The van der Waals surface area contributed by atoms with Gasteiger partial charge in [-0.1, -0.05) is 25.5 Å². The molecule has 21 heavy (non-hydrogen) atoms. The van der Waals surface area contributed by atoms with E-state index in [4.69, 9.17) is 4.74 Å². The van der Waals surface area contributed by atoms with Gasteiger partial charge in [0, 0.05) is 38.3 Å². The van der Waals surface area contributed by atoms with Crippen molar-refractivity contribution in [3.63, 3.8) is 0 Å². The molecule has 1 saturated heterocycles. The molecule has 0 radical (unpaired) electrons. The lowest BCUT2D eigenvalue weighted by molar-refractivity contribution is -0.143. The van der Waals surface area contributed by atoms with Crippen molar-refractivity contribution in [2.24, 2.45) is 0 Å². The summed E-state index contributed by atoms with van der Waals surface area (Å²) in [5.41, 5.74) is 2.46. The molecule has 4 heteroatoms. The molecule has 0 unspecified atom stereocenters. The van der Waals surface area contributed by atoms with Gasteiger partial charge in [0.25, 0.3) is 0 Å². The van der Waals surface area contributed by atoms with Gasteiger partial charge in [-0.2, -0.15) is 0 Å². The van der Waals surface area contributed by atoms with E-state index in [9.17, 15) is 4.79 Å². The van der Waals surface area contributed by atoms with Crippen molar-refractivity contribution in [3.8, 4) is 0 Å². The molecule has 0 amide bonds. The first-order valence-corrected chi connectivity index (χ1v) is 8.00. The predicted molar refractivity (Wildman–Crippen MR) is 85.7 cm³/mol. The van der Waals surface area contributed by atoms with E-state index in [1.807, 2.05) is 0 Å². The van der Waals surface area contributed by atoms with Crippen molar-refractivity contribution in [1.29, 1.82) is 0 Å². The molecule has 1 aromatic rings. The summed E-state index contributed by atoms with van der Waals surface area (Å²) in [5, 5.41) is 3.36. The lowest BCUT2D eigenvalue weighted by Crippen LogP contribution is -2.43. The first-order valence-electron chi connectivity index (χ1n) is 8.00. The van der Waals surface area contributed by atoms with Crippen molar-refractivity contribution in [3.05, 3.63) is 29.8 Å². The second-order valence-corrected chi connectivity index (χ2v) is 5.48. The number of aryl methyl sites for hydroxylation is 1. The Labute approximate surface area is 127 Å². The van der Waals surface area contributed by atoms with Gasteiger partial charge in [-0.25, -0.2) is 0 Å². The Bertz CT molecular complexity index is 425. The third kappa shape index (κ3) is 5.38. The van der Waals surface area contributed by atoms with E-state index in [0.717, 1.165) is 45.4 Å². The van der Waals surface area contributed by atoms with Gasteiger partial charge in [-0.3, -0.25) is 4.79 Å². The maximum Gasteiger partial charge on any atom is 0.306 e. The summed E-state index contributed by atoms with van der Waals surface area (Å²) in [5.74, 6) is -0.0883. The van der Waals surface area contributed by atoms with Crippen LogP contribution in [0.2, 0.25) is 0 Å². The number of nitrogens with one attached hydrogen (secondary N) is 1. The maximum atomic E-state index is 11.6. The summed E-state index contributed by atoms with van der Waals surface area (Å²) in [6, 6.07) is 8.56. The lowest BCUT2D eigenvalue weighted by atomic mass is 10.1. The number of nitrogens with zero attached hydrogens (tertiary/aromatic N) is 1. The van der Waals surface area contributed by atoms with Crippen LogP contribution in [0.5, 0.6) is 0 Å². The molecule has 1 aliphatic rings. The van der Waals surface area contributed by atoms with Crippen LogP contribution in [0.15, 0.2) is 24.3 Å². The number of benzene rings is 1. The van der Waals surface area contributed by atoms with Crippen molar-refractivity contribution in [1.82, 2.24) is 5.32 Å². The molecule has 2 rings (SSSR count). The van der Waals surface area contributed by atoms with Gasteiger partial charge in [-0.15, -0.1) is 0 Å². The smallest absolute Gasteiger partial charge is 0.306 e. The van der Waals surface area contributed by atoms with Crippen LogP contribution in [0.1, 0.15) is 31.7 Å². The highest BCUT2D eigenvalue weighted by atomic mass is 16.5. The number of anilines is 1. The fourth-order valence-electron chi connectivity index (χ4n) is 2.45. The number of esters is 1. The number of piperazine rings is 1. The van der Waals surface area contributed by atoms with Crippen molar-refractivity contribution < 1.29 is 9.53 Å². The van der Waals surface area contributed by atoms with Gasteiger partial charge in [-0.05, 0) is 30.5 Å². The van der Waals surface area contributed by atoms with Gasteiger partial charge in [0.15, 0.2) is 0 Å². The Balaban J connectivity index is 1.75. The molecule has 0 aliphatic carbocycles. The zero-order valence-corrected chi connectivity index (χ0v) is 12.9. The van der Waals surface area contributed by atoms with Crippen LogP contribution in [-0.2, 0) is 16.0 Å². The van der Waals surface area contributed by atoms with Crippen LogP contribution in [0.3, 0.4) is 0 Å². The normalized spacial score (nSPS) is 15.0. The van der Waals surface area contributed by atoms with E-state index in [1.165, 1.54) is 11.3 Å². The van der Waals surface area contributed by atoms with E-state index >= 15 is 0 Å². The quantitative estimate of drug-likeness (QED) is 0.618. The number of rotatable bonds is 7. The SMILES string of the molecule is CCCCOC(=O)CCc1ccc(N2CCNCC2)cc1. The summed E-state index contributed by atoms with van der Waals surface area (Å²) in [6.07, 6.45) is 3.23. The molecule has 0 saturated carbocycles. The minimum Gasteiger partial charge on any atom is -0.466 e. The van der Waals surface area contributed by atoms with Crippen LogP contribution < -0.4 is 10.2 Å². The third-order valence-electron chi connectivity index (χ3n) is 3.80. The molecule has 116 valence electrons. The van der Waals surface area contributed by atoms with Gasteiger partial charge < -0.3 is 15.0 Å². The molecule has 0 atom stereocenters. The number of hydrogen-bond acceptors (Lipinski definition) is 4.